The van der Waals surface area contributed by atoms with Gasteiger partial charge in [0.2, 0.25) is 11.8 Å². The van der Waals surface area contributed by atoms with Crippen LogP contribution in [0.5, 0.6) is 0 Å². The lowest BCUT2D eigenvalue weighted by Gasteiger charge is -2.44. The average molecular weight is 469 g/mol. The topological polar surface area (TPSA) is 78.7 Å². The van der Waals surface area contributed by atoms with E-state index in [1.165, 1.54) is 17.7 Å². The van der Waals surface area contributed by atoms with Crippen LogP contribution < -0.4 is 11.1 Å². The molecule has 0 saturated carbocycles. The summed E-state index contributed by atoms with van der Waals surface area (Å²) >= 11 is 0. The zero-order valence-electron chi connectivity index (χ0n) is 20.5. The molecule has 0 aromatic heterocycles. The molecule has 34 heavy (non-hydrogen) atoms. The van der Waals surface area contributed by atoms with Gasteiger partial charge in [0.1, 0.15) is 5.82 Å². The summed E-state index contributed by atoms with van der Waals surface area (Å²) in [6.07, 6.45) is 2.76. The van der Waals surface area contributed by atoms with Crippen LogP contribution in [0.1, 0.15) is 36.5 Å². The normalized spacial score (nSPS) is 18.4. The van der Waals surface area contributed by atoms with Gasteiger partial charge >= 0.3 is 0 Å². The highest BCUT2D eigenvalue weighted by atomic mass is 19.1. The molecule has 2 amide bonds. The lowest BCUT2D eigenvalue weighted by Crippen LogP contribution is -2.62. The molecule has 7 heteroatoms. The second-order valence-electron chi connectivity index (χ2n) is 9.23. The number of aryl methyl sites for hydroxylation is 1. The second-order valence-corrected chi connectivity index (χ2v) is 9.23. The van der Waals surface area contributed by atoms with Gasteiger partial charge in [0.15, 0.2) is 0 Å². The number of nitrogens with zero attached hydrogens (tertiary/aromatic N) is 2. The van der Waals surface area contributed by atoms with Gasteiger partial charge < -0.3 is 16.0 Å². The number of likely N-dealkylation sites (N-methyl/N-ethyl adjacent to an activating group) is 1. The highest BCUT2D eigenvalue weighted by molar-refractivity contribution is 5.83. The van der Waals surface area contributed by atoms with Crippen LogP contribution >= 0.6 is 0 Å². The molecule has 3 unspecified atom stereocenters. The van der Waals surface area contributed by atoms with E-state index in [0.717, 1.165) is 24.0 Å². The number of benzene rings is 2. The van der Waals surface area contributed by atoms with Crippen molar-refractivity contribution in [3.63, 3.8) is 0 Å². The van der Waals surface area contributed by atoms with Gasteiger partial charge in [-0.15, -0.1) is 0 Å². The highest BCUT2D eigenvalue weighted by Gasteiger charge is 2.36. The molecule has 0 spiro atoms. The number of carbonyl (C=O) groups is 2. The Morgan fingerprint density at radius 2 is 1.68 bits per heavy atom. The third-order valence-electron chi connectivity index (χ3n) is 6.64. The molecule has 0 bridgehead atoms. The maximum Gasteiger partial charge on any atom is 0.240 e. The van der Waals surface area contributed by atoms with E-state index in [1.807, 2.05) is 11.8 Å². The minimum Gasteiger partial charge on any atom is -0.358 e. The van der Waals surface area contributed by atoms with Crippen molar-refractivity contribution in [3.8, 4) is 0 Å². The molecule has 1 aliphatic heterocycles. The van der Waals surface area contributed by atoms with Gasteiger partial charge in [-0.3, -0.25) is 14.5 Å². The van der Waals surface area contributed by atoms with Crippen molar-refractivity contribution in [3.05, 3.63) is 71.0 Å². The molecule has 1 heterocycles. The predicted octanol–water partition coefficient (Wildman–Crippen LogP) is 2.67. The first kappa shape index (κ1) is 25.8. The fourth-order valence-electron chi connectivity index (χ4n) is 4.71. The summed E-state index contributed by atoms with van der Waals surface area (Å²) < 4.78 is 13.2. The highest BCUT2D eigenvalue weighted by Crippen LogP contribution is 2.21. The van der Waals surface area contributed by atoms with Crippen LogP contribution in [0, 0.1) is 12.7 Å². The van der Waals surface area contributed by atoms with E-state index in [4.69, 9.17) is 5.73 Å². The first-order valence-corrected chi connectivity index (χ1v) is 12.1. The van der Waals surface area contributed by atoms with Crippen LogP contribution in [0.4, 0.5) is 4.39 Å². The first-order chi connectivity index (χ1) is 16.3. The molecule has 3 atom stereocenters. The van der Waals surface area contributed by atoms with Crippen molar-refractivity contribution in [1.82, 2.24) is 15.1 Å². The molecule has 3 rings (SSSR count). The quantitative estimate of drug-likeness (QED) is 0.593. The summed E-state index contributed by atoms with van der Waals surface area (Å²) in [5.74, 6) is -0.403. The Hall–Kier alpha value is -2.77. The van der Waals surface area contributed by atoms with Gasteiger partial charge in [-0.25, -0.2) is 4.39 Å². The van der Waals surface area contributed by atoms with E-state index in [2.05, 4.69) is 41.4 Å². The smallest absolute Gasteiger partial charge is 0.240 e. The molecule has 0 radical (unpaired) electrons. The summed E-state index contributed by atoms with van der Waals surface area (Å²) in [7, 11) is 1.67. The maximum atomic E-state index is 13.3. The van der Waals surface area contributed by atoms with Gasteiger partial charge in [0.05, 0.1) is 12.1 Å². The molecule has 6 nitrogen and oxygen atoms in total. The lowest BCUT2D eigenvalue weighted by atomic mass is 9.98. The zero-order valence-corrected chi connectivity index (χ0v) is 20.5. The minimum absolute atomic E-state index is 0.00399. The molecule has 2 aromatic carbocycles. The SMILES string of the molecule is CCCC1CN(C(Cc2ccc(C)cc2)C(=O)NC)CCN1C(=O)C(N)Cc1ccc(F)cc1. The minimum atomic E-state index is -0.682. The predicted molar refractivity (Wildman–Crippen MR) is 133 cm³/mol. The summed E-state index contributed by atoms with van der Waals surface area (Å²) in [5.41, 5.74) is 9.44. The van der Waals surface area contributed by atoms with Gasteiger partial charge in [-0.1, -0.05) is 55.3 Å². The van der Waals surface area contributed by atoms with E-state index in [9.17, 15) is 14.0 Å². The number of nitrogens with one attached hydrogen (secondary N) is 1. The molecule has 1 aliphatic rings. The number of hydrogen-bond donors (Lipinski definition) is 2. The van der Waals surface area contributed by atoms with Crippen molar-refractivity contribution in [2.45, 2.75) is 57.7 Å². The van der Waals surface area contributed by atoms with Crippen molar-refractivity contribution >= 4 is 11.8 Å². The van der Waals surface area contributed by atoms with Crippen LogP contribution in [-0.2, 0) is 22.4 Å². The molecule has 1 fully saturated rings. The number of nitrogens with two attached hydrogens (primary N) is 1. The number of piperazine rings is 1. The van der Waals surface area contributed by atoms with Gasteiger partial charge in [-0.2, -0.15) is 0 Å². The summed E-state index contributed by atoms with van der Waals surface area (Å²) in [5, 5.41) is 2.82. The Kier molecular flexibility index (Phi) is 9.19. The standard InChI is InChI=1S/C27H37FN4O2/c1-4-5-23-18-31(25(26(33)30-3)17-21-8-6-19(2)7-9-21)14-15-32(23)27(34)24(29)16-20-10-12-22(28)13-11-20/h6-13,23-25H,4-5,14-18,29H2,1-3H3,(H,30,33). The van der Waals surface area contributed by atoms with Gasteiger partial charge in [-0.05, 0) is 49.4 Å². The molecule has 184 valence electrons. The van der Waals surface area contributed by atoms with Gasteiger partial charge in [0, 0.05) is 32.7 Å². The number of amides is 2. The Morgan fingerprint density at radius 3 is 2.29 bits per heavy atom. The van der Waals surface area contributed by atoms with Crippen LogP contribution in [0.15, 0.2) is 48.5 Å². The van der Waals surface area contributed by atoms with Crippen LogP contribution in [0.3, 0.4) is 0 Å². The maximum absolute atomic E-state index is 13.3. The monoisotopic (exact) mass is 468 g/mol. The number of halogens is 1. The van der Waals surface area contributed by atoms with E-state index in [-0.39, 0.29) is 29.7 Å². The van der Waals surface area contributed by atoms with E-state index < -0.39 is 6.04 Å². The van der Waals surface area contributed by atoms with E-state index >= 15 is 0 Å². The summed E-state index contributed by atoms with van der Waals surface area (Å²) in [4.78, 5) is 30.2. The first-order valence-electron chi connectivity index (χ1n) is 12.1. The average Bonchev–Trinajstić information content (AvgIpc) is 2.84. The number of carbonyl (C=O) groups excluding carboxylic acids is 2. The molecule has 2 aromatic rings. The Bertz CT molecular complexity index is 948. The van der Waals surface area contributed by atoms with Crippen LogP contribution in [-0.4, -0.2) is 66.4 Å². The van der Waals surface area contributed by atoms with Crippen molar-refractivity contribution in [2.75, 3.05) is 26.7 Å². The molecular formula is C27H37FN4O2. The van der Waals surface area contributed by atoms with Crippen molar-refractivity contribution in [2.24, 2.45) is 5.73 Å². The zero-order chi connectivity index (χ0) is 24.7. The van der Waals surface area contributed by atoms with Crippen molar-refractivity contribution < 1.29 is 14.0 Å². The van der Waals surface area contributed by atoms with E-state index in [1.54, 1.807) is 19.2 Å². The molecular weight excluding hydrogens is 431 g/mol. The van der Waals surface area contributed by atoms with Crippen LogP contribution in [0.2, 0.25) is 0 Å². The second kappa shape index (κ2) is 12.1. The summed E-state index contributed by atoms with van der Waals surface area (Å²) in [6, 6.07) is 13.4. The number of hydrogen-bond acceptors (Lipinski definition) is 4. The summed E-state index contributed by atoms with van der Waals surface area (Å²) in [6.45, 7) is 5.92. The third-order valence-corrected chi connectivity index (χ3v) is 6.64. The lowest BCUT2D eigenvalue weighted by molar-refractivity contribution is -0.139. The Labute approximate surface area is 202 Å². The third kappa shape index (κ3) is 6.64. The van der Waals surface area contributed by atoms with Gasteiger partial charge in [0.25, 0.3) is 0 Å². The van der Waals surface area contributed by atoms with Crippen molar-refractivity contribution in [1.29, 1.82) is 0 Å². The fraction of sp³-hybridized carbons (Fsp3) is 0.481. The molecule has 3 N–H and O–H groups in total. The molecule has 1 saturated heterocycles. The largest absolute Gasteiger partial charge is 0.358 e. The molecule has 0 aliphatic carbocycles. The van der Waals surface area contributed by atoms with Crippen LogP contribution in [0.25, 0.3) is 0 Å². The Balaban J connectivity index is 1.71. The number of rotatable bonds is 9. The Morgan fingerprint density at radius 1 is 1.06 bits per heavy atom. The fourth-order valence-corrected chi connectivity index (χ4v) is 4.71. The van der Waals surface area contributed by atoms with E-state index in [0.29, 0.717) is 32.5 Å².